The zero-order valence-electron chi connectivity index (χ0n) is 14.9. The van der Waals surface area contributed by atoms with Gasteiger partial charge in [-0.3, -0.25) is 9.59 Å². The lowest BCUT2D eigenvalue weighted by atomic mass is 9.94. The smallest absolute Gasteiger partial charge is 0.338 e. The van der Waals surface area contributed by atoms with Gasteiger partial charge in [0.2, 0.25) is 5.78 Å². The van der Waals surface area contributed by atoms with Gasteiger partial charge < -0.3 is 14.8 Å². The topological polar surface area (TPSA) is 81.7 Å². The van der Waals surface area contributed by atoms with Crippen LogP contribution >= 0.6 is 15.9 Å². The lowest BCUT2D eigenvalue weighted by Crippen LogP contribution is -2.24. The first-order valence-electron chi connectivity index (χ1n) is 8.36. The molecule has 0 fully saturated rings. The second-order valence-corrected chi connectivity index (χ2v) is 7.23. The highest BCUT2D eigenvalue weighted by molar-refractivity contribution is 9.10. The average molecular weight is 432 g/mol. The molecule has 140 valence electrons. The van der Waals surface area contributed by atoms with Crippen LogP contribution in [0, 0.1) is 0 Å². The molecule has 0 bridgehead atoms. The second kappa shape index (κ2) is 7.92. The summed E-state index contributed by atoms with van der Waals surface area (Å²) in [5.41, 5.74) is 2.49. The molecule has 0 saturated carbocycles. The largest absolute Gasteiger partial charge is 0.496 e. The summed E-state index contributed by atoms with van der Waals surface area (Å²) >= 11 is 3.38. The number of cyclic esters (lactones) is 1. The molecular formula is C20H18BrNO5. The van der Waals surface area contributed by atoms with E-state index < -0.39 is 11.7 Å². The number of benzene rings is 2. The molecule has 1 heterocycles. The van der Waals surface area contributed by atoms with Crippen molar-refractivity contribution in [3.63, 3.8) is 0 Å². The fraction of sp³-hybridized carbons (Fsp3) is 0.250. The van der Waals surface area contributed by atoms with E-state index in [0.29, 0.717) is 22.6 Å². The van der Waals surface area contributed by atoms with Gasteiger partial charge in [-0.1, -0.05) is 28.9 Å². The van der Waals surface area contributed by atoms with Crippen molar-refractivity contribution in [1.82, 2.24) is 0 Å². The number of hydrogen-bond donors (Lipinski definition) is 1. The highest BCUT2D eigenvalue weighted by Gasteiger charge is 2.23. The normalized spacial score (nSPS) is 13.5. The van der Waals surface area contributed by atoms with E-state index in [2.05, 4.69) is 21.2 Å². The molecule has 1 N–H and O–H groups in total. The Kier molecular flexibility index (Phi) is 5.60. The van der Waals surface area contributed by atoms with Crippen molar-refractivity contribution in [2.24, 2.45) is 0 Å². The fourth-order valence-corrected chi connectivity index (χ4v) is 3.32. The Bertz CT molecular complexity index is 925. The van der Waals surface area contributed by atoms with Crippen molar-refractivity contribution in [2.75, 3.05) is 12.4 Å². The zero-order chi connectivity index (χ0) is 19.6. The first kappa shape index (κ1) is 19.1. The van der Waals surface area contributed by atoms with Crippen molar-refractivity contribution in [1.29, 1.82) is 0 Å². The van der Waals surface area contributed by atoms with Crippen molar-refractivity contribution in [3.8, 4) is 5.75 Å². The molecule has 7 heteroatoms. The number of amides is 1. The lowest BCUT2D eigenvalue weighted by Gasteiger charge is -2.15. The van der Waals surface area contributed by atoms with E-state index in [1.165, 1.54) is 0 Å². The third kappa shape index (κ3) is 4.19. The summed E-state index contributed by atoms with van der Waals surface area (Å²) in [5.74, 6) is -1.12. The Morgan fingerprint density at radius 3 is 2.78 bits per heavy atom. The van der Waals surface area contributed by atoms with Crippen molar-refractivity contribution < 1.29 is 23.9 Å². The molecule has 2 aromatic rings. The number of nitrogens with one attached hydrogen (secondary N) is 1. The number of rotatable bonds is 6. The molecule has 3 rings (SSSR count). The molecule has 6 nitrogen and oxygen atoms in total. The monoisotopic (exact) mass is 431 g/mol. The minimum atomic E-state index is -0.692. The Balaban J connectivity index is 1.66. The summed E-state index contributed by atoms with van der Waals surface area (Å²) in [7, 11) is 1.56. The first-order valence-corrected chi connectivity index (χ1v) is 9.16. The lowest BCUT2D eigenvalue weighted by molar-refractivity contribution is -0.135. The van der Waals surface area contributed by atoms with Crippen LogP contribution in [0.2, 0.25) is 0 Å². The molecule has 0 radical (unpaired) electrons. The van der Waals surface area contributed by atoms with E-state index in [1.54, 1.807) is 25.3 Å². The third-order valence-corrected chi connectivity index (χ3v) is 4.91. The number of carbonyl (C=O) groups excluding carboxylic acids is 3. The second-order valence-electron chi connectivity index (χ2n) is 6.32. The van der Waals surface area contributed by atoms with Crippen LogP contribution in [-0.4, -0.2) is 24.8 Å². The number of Topliss-reactive ketones (excluding diaryl/α,β-unsaturated/α-hetero) is 1. The van der Waals surface area contributed by atoms with Gasteiger partial charge in [-0.05, 0) is 41.8 Å². The predicted molar refractivity (Wildman–Crippen MR) is 103 cm³/mol. The van der Waals surface area contributed by atoms with Crippen molar-refractivity contribution in [2.45, 2.75) is 25.9 Å². The molecule has 1 amide bonds. The number of anilines is 1. The van der Waals surface area contributed by atoms with Crippen LogP contribution in [0.15, 0.2) is 40.9 Å². The Morgan fingerprint density at radius 1 is 1.26 bits per heavy atom. The minimum Gasteiger partial charge on any atom is -0.496 e. The number of carbonyl (C=O) groups is 3. The molecule has 2 aromatic carbocycles. The van der Waals surface area contributed by atoms with Gasteiger partial charge in [0.15, 0.2) is 0 Å². The van der Waals surface area contributed by atoms with Gasteiger partial charge in [0, 0.05) is 22.1 Å². The summed E-state index contributed by atoms with van der Waals surface area (Å²) < 4.78 is 11.2. The molecule has 1 unspecified atom stereocenters. The van der Waals surface area contributed by atoms with Crippen LogP contribution in [0.1, 0.15) is 40.7 Å². The molecule has 0 aliphatic carbocycles. The number of halogens is 1. The summed E-state index contributed by atoms with van der Waals surface area (Å²) in [6.45, 7) is 2.04. The number of ketones is 1. The highest BCUT2D eigenvalue weighted by atomic mass is 79.9. The summed E-state index contributed by atoms with van der Waals surface area (Å²) in [6, 6.07) is 10.4. The van der Waals surface area contributed by atoms with Gasteiger partial charge >= 0.3 is 5.97 Å². The van der Waals surface area contributed by atoms with Crippen LogP contribution in [0.25, 0.3) is 0 Å². The molecule has 0 saturated heterocycles. The molecule has 1 aliphatic heterocycles. The van der Waals surface area contributed by atoms with Gasteiger partial charge in [0.25, 0.3) is 5.91 Å². The standard InChI is InChI=1S/C20H18BrNO5/c1-11(15-5-3-13(21)9-18(15)26-2)7-17(23)19(24)22-14-4-6-16-12(8-14)10-27-20(16)25/h3-6,8-9,11H,7,10H2,1-2H3,(H,22,24). The maximum absolute atomic E-state index is 12.3. The number of ether oxygens (including phenoxy) is 2. The van der Waals surface area contributed by atoms with Crippen LogP contribution in [0.5, 0.6) is 5.75 Å². The van der Waals surface area contributed by atoms with Crippen LogP contribution in [0.3, 0.4) is 0 Å². The summed E-state index contributed by atoms with van der Waals surface area (Å²) in [4.78, 5) is 36.1. The molecular weight excluding hydrogens is 414 g/mol. The van der Waals surface area contributed by atoms with Crippen LogP contribution in [0.4, 0.5) is 5.69 Å². The van der Waals surface area contributed by atoms with E-state index in [-0.39, 0.29) is 24.9 Å². The van der Waals surface area contributed by atoms with Gasteiger partial charge in [-0.2, -0.15) is 0 Å². The zero-order valence-corrected chi connectivity index (χ0v) is 16.5. The molecule has 1 aliphatic rings. The highest BCUT2D eigenvalue weighted by Crippen LogP contribution is 2.31. The van der Waals surface area contributed by atoms with Crippen LogP contribution < -0.4 is 10.1 Å². The maximum Gasteiger partial charge on any atom is 0.338 e. The van der Waals surface area contributed by atoms with Gasteiger partial charge in [0.1, 0.15) is 12.4 Å². The fourth-order valence-electron chi connectivity index (χ4n) is 2.98. The molecule has 0 aromatic heterocycles. The van der Waals surface area contributed by atoms with E-state index in [4.69, 9.17) is 9.47 Å². The molecule has 0 spiro atoms. The molecule has 1 atom stereocenters. The summed E-state index contributed by atoms with van der Waals surface area (Å²) in [5, 5.41) is 2.59. The van der Waals surface area contributed by atoms with Gasteiger partial charge in [0.05, 0.1) is 12.7 Å². The van der Waals surface area contributed by atoms with Crippen LogP contribution in [-0.2, 0) is 20.9 Å². The number of esters is 1. The van der Waals surface area contributed by atoms with E-state index in [1.807, 2.05) is 25.1 Å². The quantitative estimate of drug-likeness (QED) is 0.555. The third-order valence-electron chi connectivity index (χ3n) is 4.41. The SMILES string of the molecule is COc1cc(Br)ccc1C(C)CC(=O)C(=O)Nc1ccc2c(c1)COC2=O. The van der Waals surface area contributed by atoms with Gasteiger partial charge in [-0.15, -0.1) is 0 Å². The van der Waals surface area contributed by atoms with Crippen molar-refractivity contribution in [3.05, 3.63) is 57.6 Å². The van der Waals surface area contributed by atoms with E-state index in [9.17, 15) is 14.4 Å². The average Bonchev–Trinajstić information content (AvgIpc) is 3.01. The number of methoxy groups -OCH3 is 1. The Morgan fingerprint density at radius 2 is 2.04 bits per heavy atom. The Labute approximate surface area is 165 Å². The van der Waals surface area contributed by atoms with Crippen molar-refractivity contribution >= 4 is 39.3 Å². The Hall–Kier alpha value is -2.67. The first-order chi connectivity index (χ1) is 12.9. The number of fused-ring (bicyclic) bond motifs is 1. The van der Waals surface area contributed by atoms with Gasteiger partial charge in [-0.25, -0.2) is 4.79 Å². The van der Waals surface area contributed by atoms with E-state index in [0.717, 1.165) is 10.0 Å². The maximum atomic E-state index is 12.3. The predicted octanol–water partition coefficient (Wildman–Crippen LogP) is 3.83. The van der Waals surface area contributed by atoms with E-state index >= 15 is 0 Å². The molecule has 27 heavy (non-hydrogen) atoms. The number of hydrogen-bond acceptors (Lipinski definition) is 5. The summed E-state index contributed by atoms with van der Waals surface area (Å²) in [6.07, 6.45) is 0.0519. The minimum absolute atomic E-state index is 0.0519.